The van der Waals surface area contributed by atoms with Crippen LogP contribution < -0.4 is 4.74 Å². The molecule has 3 nitrogen and oxygen atoms in total. The Morgan fingerprint density at radius 1 is 1.21 bits per heavy atom. The Morgan fingerprint density at radius 2 is 2.05 bits per heavy atom. The van der Waals surface area contributed by atoms with E-state index in [0.29, 0.717) is 6.42 Å². The van der Waals surface area contributed by atoms with Crippen LogP contribution in [0, 0.1) is 0 Å². The minimum atomic E-state index is -0.340. The molecule has 1 atom stereocenters. The molecule has 0 bridgehead atoms. The van der Waals surface area contributed by atoms with Crippen LogP contribution in [0.4, 0.5) is 0 Å². The number of aromatic nitrogens is 1. The van der Waals surface area contributed by atoms with E-state index in [0.717, 1.165) is 29.7 Å². The molecule has 2 rings (SSSR count). The van der Waals surface area contributed by atoms with E-state index in [1.54, 1.807) is 13.3 Å². The van der Waals surface area contributed by atoms with Gasteiger partial charge in [0.25, 0.3) is 0 Å². The van der Waals surface area contributed by atoms with Crippen molar-refractivity contribution in [2.24, 2.45) is 0 Å². The van der Waals surface area contributed by atoms with E-state index in [1.807, 2.05) is 42.6 Å². The summed E-state index contributed by atoms with van der Waals surface area (Å²) in [4.78, 5) is 4.07. The Labute approximate surface area is 113 Å². The van der Waals surface area contributed by atoms with Crippen molar-refractivity contribution in [3.05, 3.63) is 59.9 Å². The van der Waals surface area contributed by atoms with Gasteiger partial charge >= 0.3 is 0 Å². The second-order valence-corrected chi connectivity index (χ2v) is 4.61. The maximum absolute atomic E-state index is 10.1. The van der Waals surface area contributed by atoms with E-state index in [1.165, 1.54) is 0 Å². The van der Waals surface area contributed by atoms with Gasteiger partial charge < -0.3 is 9.84 Å². The Morgan fingerprint density at radius 3 is 2.79 bits per heavy atom. The van der Waals surface area contributed by atoms with Gasteiger partial charge in [0.1, 0.15) is 5.75 Å². The van der Waals surface area contributed by atoms with Crippen molar-refractivity contribution in [3.8, 4) is 5.75 Å². The number of benzene rings is 1. The summed E-state index contributed by atoms with van der Waals surface area (Å²) in [5.41, 5.74) is 2.25. The number of ether oxygens (including phenoxy) is 1. The first-order valence-corrected chi connectivity index (χ1v) is 6.48. The van der Waals surface area contributed by atoms with E-state index in [2.05, 4.69) is 4.98 Å². The smallest absolute Gasteiger partial charge is 0.119 e. The number of aliphatic hydroxyl groups is 1. The molecule has 1 aromatic carbocycles. The average molecular weight is 257 g/mol. The Bertz CT molecular complexity index is 499. The fraction of sp³-hybridized carbons (Fsp3) is 0.312. The topological polar surface area (TPSA) is 42.4 Å². The Kier molecular flexibility index (Phi) is 4.93. The minimum Gasteiger partial charge on any atom is -0.497 e. The van der Waals surface area contributed by atoms with E-state index in [4.69, 9.17) is 4.74 Å². The molecular formula is C16H19NO2. The van der Waals surface area contributed by atoms with Crippen molar-refractivity contribution >= 4 is 0 Å². The minimum absolute atomic E-state index is 0.340. The number of aryl methyl sites for hydroxylation is 1. The molecule has 1 unspecified atom stereocenters. The summed E-state index contributed by atoms with van der Waals surface area (Å²) >= 11 is 0. The SMILES string of the molecule is COc1cccc(CC(O)CCc2cccnc2)c1. The quantitative estimate of drug-likeness (QED) is 0.865. The molecule has 2 aromatic rings. The maximum atomic E-state index is 10.1. The molecule has 0 aliphatic heterocycles. The predicted octanol–water partition coefficient (Wildman–Crippen LogP) is 2.63. The van der Waals surface area contributed by atoms with Gasteiger partial charge in [-0.25, -0.2) is 0 Å². The highest BCUT2D eigenvalue weighted by Crippen LogP contribution is 2.15. The Balaban J connectivity index is 1.85. The van der Waals surface area contributed by atoms with Crippen molar-refractivity contribution in [1.82, 2.24) is 4.98 Å². The lowest BCUT2D eigenvalue weighted by atomic mass is 10.0. The summed E-state index contributed by atoms with van der Waals surface area (Å²) in [5.74, 6) is 0.831. The van der Waals surface area contributed by atoms with Gasteiger partial charge in [0.15, 0.2) is 0 Å². The number of nitrogens with zero attached hydrogens (tertiary/aromatic N) is 1. The molecular weight excluding hydrogens is 238 g/mol. The molecule has 0 radical (unpaired) electrons. The number of rotatable bonds is 6. The molecule has 0 aliphatic rings. The molecule has 0 saturated carbocycles. The molecule has 0 amide bonds. The van der Waals surface area contributed by atoms with Crippen molar-refractivity contribution in [2.45, 2.75) is 25.4 Å². The molecule has 0 spiro atoms. The molecule has 0 fully saturated rings. The molecule has 19 heavy (non-hydrogen) atoms. The largest absolute Gasteiger partial charge is 0.497 e. The first-order valence-electron chi connectivity index (χ1n) is 6.48. The molecule has 1 N–H and O–H groups in total. The summed E-state index contributed by atoms with van der Waals surface area (Å²) in [6, 6.07) is 11.8. The second kappa shape index (κ2) is 6.90. The van der Waals surface area contributed by atoms with Gasteiger partial charge in [0, 0.05) is 12.4 Å². The van der Waals surface area contributed by atoms with Crippen molar-refractivity contribution in [1.29, 1.82) is 0 Å². The van der Waals surface area contributed by atoms with Gasteiger partial charge in [0.2, 0.25) is 0 Å². The van der Waals surface area contributed by atoms with Crippen LogP contribution in [0.15, 0.2) is 48.8 Å². The summed E-state index contributed by atoms with van der Waals surface area (Å²) in [6.07, 6.45) is 5.50. The lowest BCUT2D eigenvalue weighted by Gasteiger charge is -2.11. The number of methoxy groups -OCH3 is 1. The fourth-order valence-corrected chi connectivity index (χ4v) is 2.05. The lowest BCUT2D eigenvalue weighted by Crippen LogP contribution is -2.11. The van der Waals surface area contributed by atoms with Crippen LogP contribution in [0.1, 0.15) is 17.5 Å². The van der Waals surface area contributed by atoms with Crippen LogP contribution in [-0.2, 0) is 12.8 Å². The third kappa shape index (κ3) is 4.38. The van der Waals surface area contributed by atoms with Crippen LogP contribution in [0.25, 0.3) is 0 Å². The average Bonchev–Trinajstić information content (AvgIpc) is 2.46. The van der Waals surface area contributed by atoms with E-state index < -0.39 is 0 Å². The highest BCUT2D eigenvalue weighted by atomic mass is 16.5. The van der Waals surface area contributed by atoms with E-state index in [-0.39, 0.29) is 6.10 Å². The summed E-state index contributed by atoms with van der Waals surface area (Å²) in [6.45, 7) is 0. The number of hydrogen-bond acceptors (Lipinski definition) is 3. The molecule has 1 aromatic heterocycles. The van der Waals surface area contributed by atoms with E-state index in [9.17, 15) is 5.11 Å². The van der Waals surface area contributed by atoms with Crippen molar-refractivity contribution in [3.63, 3.8) is 0 Å². The van der Waals surface area contributed by atoms with Crippen LogP contribution in [0.2, 0.25) is 0 Å². The highest BCUT2D eigenvalue weighted by Gasteiger charge is 2.07. The predicted molar refractivity (Wildman–Crippen MR) is 75.3 cm³/mol. The van der Waals surface area contributed by atoms with Crippen LogP contribution in [-0.4, -0.2) is 23.3 Å². The second-order valence-electron chi connectivity index (χ2n) is 4.61. The number of pyridine rings is 1. The van der Waals surface area contributed by atoms with Gasteiger partial charge in [-0.3, -0.25) is 4.98 Å². The molecule has 1 heterocycles. The standard InChI is InChI=1S/C16H19NO2/c1-19-16-6-2-4-14(11-16)10-15(18)8-7-13-5-3-9-17-12-13/h2-6,9,11-12,15,18H,7-8,10H2,1H3. The van der Waals surface area contributed by atoms with Crippen molar-refractivity contribution < 1.29 is 9.84 Å². The molecule has 0 aliphatic carbocycles. The summed E-state index contributed by atoms with van der Waals surface area (Å²) in [7, 11) is 1.65. The molecule has 3 heteroatoms. The zero-order valence-corrected chi connectivity index (χ0v) is 11.1. The fourth-order valence-electron chi connectivity index (χ4n) is 2.05. The number of aliphatic hydroxyl groups excluding tert-OH is 1. The molecule has 0 saturated heterocycles. The third-order valence-electron chi connectivity index (χ3n) is 3.09. The zero-order chi connectivity index (χ0) is 13.5. The monoisotopic (exact) mass is 257 g/mol. The van der Waals surface area contributed by atoms with Crippen molar-refractivity contribution in [2.75, 3.05) is 7.11 Å². The van der Waals surface area contributed by atoms with Gasteiger partial charge in [0.05, 0.1) is 13.2 Å². The maximum Gasteiger partial charge on any atom is 0.119 e. The van der Waals surface area contributed by atoms with Gasteiger partial charge in [-0.15, -0.1) is 0 Å². The van der Waals surface area contributed by atoms with Crippen LogP contribution in [0.5, 0.6) is 5.75 Å². The van der Waals surface area contributed by atoms with Crippen LogP contribution >= 0.6 is 0 Å². The first kappa shape index (κ1) is 13.6. The Hall–Kier alpha value is -1.87. The van der Waals surface area contributed by atoms with Gasteiger partial charge in [-0.1, -0.05) is 18.2 Å². The summed E-state index contributed by atoms with van der Waals surface area (Å²) < 4.78 is 5.18. The van der Waals surface area contributed by atoms with Gasteiger partial charge in [-0.05, 0) is 48.6 Å². The third-order valence-corrected chi connectivity index (χ3v) is 3.09. The lowest BCUT2D eigenvalue weighted by molar-refractivity contribution is 0.165. The molecule has 100 valence electrons. The highest BCUT2D eigenvalue weighted by molar-refractivity contribution is 5.28. The number of hydrogen-bond donors (Lipinski definition) is 1. The van der Waals surface area contributed by atoms with E-state index >= 15 is 0 Å². The zero-order valence-electron chi connectivity index (χ0n) is 11.1. The first-order chi connectivity index (χ1) is 9.28. The normalized spacial score (nSPS) is 12.1. The summed E-state index contributed by atoms with van der Waals surface area (Å²) in [5, 5.41) is 10.1. The van der Waals surface area contributed by atoms with Gasteiger partial charge in [-0.2, -0.15) is 0 Å². The van der Waals surface area contributed by atoms with Crippen LogP contribution in [0.3, 0.4) is 0 Å².